The average molecular weight is 445 g/mol. The van der Waals surface area contributed by atoms with E-state index in [0.29, 0.717) is 5.52 Å². The number of aryl methyl sites for hydroxylation is 1. The Hall–Kier alpha value is -3.34. The van der Waals surface area contributed by atoms with E-state index < -0.39 is 18.6 Å². The topological polar surface area (TPSA) is 72.5 Å². The molecule has 0 radical (unpaired) electrons. The Morgan fingerprint density at radius 1 is 1.28 bits per heavy atom. The molecule has 0 saturated carbocycles. The van der Waals surface area contributed by atoms with Crippen LogP contribution in [0.3, 0.4) is 0 Å². The highest BCUT2D eigenvalue weighted by Crippen LogP contribution is 2.34. The van der Waals surface area contributed by atoms with E-state index in [1.165, 1.54) is 7.11 Å². The highest BCUT2D eigenvalue weighted by molar-refractivity contribution is 5.89. The summed E-state index contributed by atoms with van der Waals surface area (Å²) in [5.41, 5.74) is 3.83. The molecule has 8 nitrogen and oxygen atoms in total. The maximum Gasteiger partial charge on any atom is 0.281 e. The Labute approximate surface area is 181 Å². The number of anilines is 1. The summed E-state index contributed by atoms with van der Waals surface area (Å²) in [5, 5.41) is 7.14. The SMILES string of the molecule is COc1nc(N[C@@H]2CN(C)CC2(F)F)nn2ccc(-c3ccc4ncn(CCF)c4c3)c12. The van der Waals surface area contributed by atoms with E-state index in [9.17, 15) is 13.2 Å². The van der Waals surface area contributed by atoms with Gasteiger partial charge >= 0.3 is 0 Å². The molecular formula is C21H22F3N7O. The van der Waals surface area contributed by atoms with Gasteiger partial charge in [0.15, 0.2) is 0 Å². The molecule has 11 heteroatoms. The zero-order valence-corrected chi connectivity index (χ0v) is 17.6. The fourth-order valence-corrected chi connectivity index (χ4v) is 4.21. The molecule has 4 aromatic rings. The number of alkyl halides is 3. The Kier molecular flexibility index (Phi) is 4.92. The van der Waals surface area contributed by atoms with Gasteiger partial charge in [-0.15, -0.1) is 5.10 Å². The largest absolute Gasteiger partial charge is 0.479 e. The van der Waals surface area contributed by atoms with Crippen molar-refractivity contribution in [1.82, 2.24) is 29.0 Å². The lowest BCUT2D eigenvalue weighted by Gasteiger charge is -2.19. The van der Waals surface area contributed by atoms with Crippen molar-refractivity contribution in [3.63, 3.8) is 0 Å². The molecular weight excluding hydrogens is 423 g/mol. The van der Waals surface area contributed by atoms with Gasteiger partial charge in [0.25, 0.3) is 5.92 Å². The summed E-state index contributed by atoms with van der Waals surface area (Å²) in [5.74, 6) is -2.57. The number of ether oxygens (including phenoxy) is 1. The molecule has 1 aliphatic heterocycles. The van der Waals surface area contributed by atoms with E-state index >= 15 is 0 Å². The molecule has 1 aromatic carbocycles. The molecule has 4 heterocycles. The number of imidazole rings is 1. The van der Waals surface area contributed by atoms with Crippen LogP contribution in [0.1, 0.15) is 0 Å². The number of fused-ring (bicyclic) bond motifs is 2. The lowest BCUT2D eigenvalue weighted by Crippen LogP contribution is -2.38. The fraction of sp³-hybridized carbons (Fsp3) is 0.381. The Morgan fingerprint density at radius 3 is 2.84 bits per heavy atom. The van der Waals surface area contributed by atoms with Gasteiger partial charge in [-0.1, -0.05) is 6.07 Å². The van der Waals surface area contributed by atoms with Crippen molar-refractivity contribution in [1.29, 1.82) is 0 Å². The zero-order chi connectivity index (χ0) is 22.5. The lowest BCUT2D eigenvalue weighted by atomic mass is 10.1. The first-order valence-electron chi connectivity index (χ1n) is 10.2. The summed E-state index contributed by atoms with van der Waals surface area (Å²) in [4.78, 5) is 10.2. The summed E-state index contributed by atoms with van der Waals surface area (Å²) >= 11 is 0. The molecule has 0 bridgehead atoms. The third-order valence-electron chi connectivity index (χ3n) is 5.72. The van der Waals surface area contributed by atoms with Crippen molar-refractivity contribution >= 4 is 22.5 Å². The smallest absolute Gasteiger partial charge is 0.281 e. The molecule has 1 atom stereocenters. The second-order valence-electron chi connectivity index (χ2n) is 7.95. The first-order chi connectivity index (χ1) is 15.4. The van der Waals surface area contributed by atoms with Crippen LogP contribution in [0.2, 0.25) is 0 Å². The number of likely N-dealkylation sites (tertiary alicyclic amines) is 1. The van der Waals surface area contributed by atoms with E-state index in [1.807, 2.05) is 24.3 Å². The minimum absolute atomic E-state index is 0.0629. The van der Waals surface area contributed by atoms with Crippen LogP contribution in [0.4, 0.5) is 19.1 Å². The lowest BCUT2D eigenvalue weighted by molar-refractivity contribution is 0.00583. The molecule has 0 aliphatic carbocycles. The van der Waals surface area contributed by atoms with Gasteiger partial charge in [-0.2, -0.15) is 4.98 Å². The van der Waals surface area contributed by atoms with Crippen LogP contribution in [0.15, 0.2) is 36.8 Å². The van der Waals surface area contributed by atoms with E-state index in [2.05, 4.69) is 20.4 Å². The van der Waals surface area contributed by atoms with Gasteiger partial charge in [0, 0.05) is 18.3 Å². The van der Waals surface area contributed by atoms with Crippen molar-refractivity contribution < 1.29 is 17.9 Å². The Morgan fingerprint density at radius 2 is 2.12 bits per heavy atom. The maximum atomic E-state index is 14.2. The highest BCUT2D eigenvalue weighted by Gasteiger charge is 2.47. The van der Waals surface area contributed by atoms with Gasteiger partial charge in [-0.05, 0) is 30.8 Å². The van der Waals surface area contributed by atoms with Crippen LogP contribution in [0.25, 0.3) is 27.7 Å². The van der Waals surface area contributed by atoms with Crippen molar-refractivity contribution in [3.05, 3.63) is 36.8 Å². The molecule has 0 amide bonds. The van der Waals surface area contributed by atoms with Crippen LogP contribution < -0.4 is 10.1 Å². The number of benzene rings is 1. The third kappa shape index (κ3) is 3.42. The first kappa shape index (κ1) is 20.6. The van der Waals surface area contributed by atoms with E-state index in [4.69, 9.17) is 4.74 Å². The summed E-state index contributed by atoms with van der Waals surface area (Å²) in [7, 11) is 3.12. The molecule has 1 aliphatic rings. The number of halogens is 3. The molecule has 3 aromatic heterocycles. The number of rotatable bonds is 6. The minimum atomic E-state index is -2.89. The molecule has 1 N–H and O–H groups in total. The highest BCUT2D eigenvalue weighted by atomic mass is 19.3. The number of nitrogens with zero attached hydrogens (tertiary/aromatic N) is 6. The Balaban J connectivity index is 1.55. The molecule has 5 rings (SSSR count). The van der Waals surface area contributed by atoms with Crippen molar-refractivity contribution in [2.75, 3.05) is 39.2 Å². The molecule has 32 heavy (non-hydrogen) atoms. The van der Waals surface area contributed by atoms with E-state index in [0.717, 1.165) is 22.2 Å². The third-order valence-corrected chi connectivity index (χ3v) is 5.72. The summed E-state index contributed by atoms with van der Waals surface area (Å²) in [6, 6.07) is 6.46. The molecule has 1 fully saturated rings. The second-order valence-corrected chi connectivity index (χ2v) is 7.95. The van der Waals surface area contributed by atoms with Crippen molar-refractivity contribution in [3.8, 4) is 17.0 Å². The minimum Gasteiger partial charge on any atom is -0.479 e. The monoisotopic (exact) mass is 445 g/mol. The van der Waals surface area contributed by atoms with Gasteiger partial charge in [-0.3, -0.25) is 4.90 Å². The predicted molar refractivity (Wildman–Crippen MR) is 114 cm³/mol. The number of likely N-dealkylation sites (N-methyl/N-ethyl adjacent to an activating group) is 1. The average Bonchev–Trinajstić information content (AvgIpc) is 3.43. The van der Waals surface area contributed by atoms with Crippen LogP contribution >= 0.6 is 0 Å². The number of hydrogen-bond acceptors (Lipinski definition) is 6. The predicted octanol–water partition coefficient (Wildman–Crippen LogP) is 3.09. The van der Waals surface area contributed by atoms with Crippen molar-refractivity contribution in [2.24, 2.45) is 0 Å². The van der Waals surface area contributed by atoms with Crippen molar-refractivity contribution in [2.45, 2.75) is 18.5 Å². The van der Waals surface area contributed by atoms with Crippen LogP contribution in [-0.4, -0.2) is 74.9 Å². The summed E-state index contributed by atoms with van der Waals surface area (Å²) < 4.78 is 50.1. The standard InChI is InChI=1S/C21H22F3N7O/c1-29-10-17(21(23,24)11-29)26-20-27-19(32-2)18-14(5-7-31(18)28-20)13-3-4-15-16(9-13)30(8-6-22)12-25-15/h3-5,7,9,12,17H,6,8,10-11H2,1-2H3,(H,26,28)/t17-/m1/s1. The molecule has 168 valence electrons. The maximum absolute atomic E-state index is 14.2. The second kappa shape index (κ2) is 7.66. The van der Waals surface area contributed by atoms with Gasteiger partial charge in [0.1, 0.15) is 18.2 Å². The summed E-state index contributed by atoms with van der Waals surface area (Å²) in [6.45, 7) is -0.406. The molecule has 1 saturated heterocycles. The molecule has 0 unspecified atom stereocenters. The zero-order valence-electron chi connectivity index (χ0n) is 17.6. The number of aromatic nitrogens is 5. The van der Waals surface area contributed by atoms with Crippen LogP contribution in [0.5, 0.6) is 5.88 Å². The van der Waals surface area contributed by atoms with Crippen LogP contribution in [-0.2, 0) is 6.54 Å². The van der Waals surface area contributed by atoms with Gasteiger partial charge in [-0.25, -0.2) is 22.7 Å². The van der Waals surface area contributed by atoms with Gasteiger partial charge in [0.2, 0.25) is 11.8 Å². The molecule has 0 spiro atoms. The number of methoxy groups -OCH3 is 1. The van der Waals surface area contributed by atoms with Gasteiger partial charge in [0.05, 0.1) is 37.6 Å². The van der Waals surface area contributed by atoms with Crippen LogP contribution in [0, 0.1) is 0 Å². The van der Waals surface area contributed by atoms with E-state index in [-0.39, 0.29) is 31.5 Å². The quantitative estimate of drug-likeness (QED) is 0.492. The first-order valence-corrected chi connectivity index (χ1v) is 10.2. The fourth-order valence-electron chi connectivity index (χ4n) is 4.21. The Bertz CT molecular complexity index is 1290. The number of hydrogen-bond donors (Lipinski definition) is 1. The number of nitrogens with one attached hydrogen (secondary N) is 1. The van der Waals surface area contributed by atoms with Gasteiger partial charge < -0.3 is 14.6 Å². The normalized spacial score (nSPS) is 18.6. The summed E-state index contributed by atoms with van der Waals surface area (Å²) in [6.07, 6.45) is 3.34. The van der Waals surface area contributed by atoms with E-state index in [1.54, 1.807) is 33.6 Å².